The van der Waals surface area contributed by atoms with Crippen molar-refractivity contribution in [3.8, 4) is 22.9 Å². The number of hydrogen-bond donors (Lipinski definition) is 1. The van der Waals surface area contributed by atoms with Crippen LogP contribution in [-0.4, -0.2) is 30.3 Å². The molecule has 0 unspecified atom stereocenters. The first kappa shape index (κ1) is 17.5. The summed E-state index contributed by atoms with van der Waals surface area (Å²) in [5.74, 6) is 1.97. The third-order valence-corrected chi connectivity index (χ3v) is 3.70. The Kier molecular flexibility index (Phi) is 5.48. The van der Waals surface area contributed by atoms with Crippen LogP contribution in [-0.2, 0) is 11.2 Å². The first-order chi connectivity index (χ1) is 12.7. The Labute approximate surface area is 150 Å². The second-order valence-electron chi connectivity index (χ2n) is 5.53. The van der Waals surface area contributed by atoms with Gasteiger partial charge >= 0.3 is 0 Å². The third-order valence-electron chi connectivity index (χ3n) is 3.70. The summed E-state index contributed by atoms with van der Waals surface area (Å²) < 4.78 is 15.6. The minimum Gasteiger partial charge on any atom is -0.497 e. The van der Waals surface area contributed by atoms with Gasteiger partial charge in [0.15, 0.2) is 0 Å². The van der Waals surface area contributed by atoms with Crippen LogP contribution < -0.4 is 14.8 Å². The molecular weight excluding hydrogens is 334 g/mol. The van der Waals surface area contributed by atoms with E-state index in [1.807, 2.05) is 30.3 Å². The fraction of sp³-hybridized carbons (Fsp3) is 0.211. The summed E-state index contributed by atoms with van der Waals surface area (Å²) in [7, 11) is 3.11. The van der Waals surface area contributed by atoms with Crippen LogP contribution in [0.25, 0.3) is 11.4 Å². The Morgan fingerprint density at radius 3 is 2.42 bits per heavy atom. The standard InChI is InChI=1S/C19H19N3O4/c1-24-15-10-14(11-16(12-15)25-2)20-17(23)8-9-18-21-19(22-26-18)13-6-4-3-5-7-13/h3-7,10-12H,8-9H2,1-2H3,(H,20,23). The van der Waals surface area contributed by atoms with Gasteiger partial charge in [-0.2, -0.15) is 4.98 Å². The van der Waals surface area contributed by atoms with Crippen molar-refractivity contribution in [2.75, 3.05) is 19.5 Å². The van der Waals surface area contributed by atoms with Crippen LogP contribution in [0.1, 0.15) is 12.3 Å². The van der Waals surface area contributed by atoms with Crippen LogP contribution in [0.15, 0.2) is 53.1 Å². The minimum atomic E-state index is -0.167. The molecule has 0 aliphatic carbocycles. The van der Waals surface area contributed by atoms with E-state index in [4.69, 9.17) is 14.0 Å². The van der Waals surface area contributed by atoms with Gasteiger partial charge in [-0.1, -0.05) is 35.5 Å². The van der Waals surface area contributed by atoms with Crippen molar-refractivity contribution in [1.29, 1.82) is 0 Å². The summed E-state index contributed by atoms with van der Waals surface area (Å²) in [6.45, 7) is 0. The second-order valence-corrected chi connectivity index (χ2v) is 5.53. The lowest BCUT2D eigenvalue weighted by Gasteiger charge is -2.09. The molecule has 0 aliphatic rings. The lowest BCUT2D eigenvalue weighted by atomic mass is 10.2. The van der Waals surface area contributed by atoms with Gasteiger partial charge in [0.2, 0.25) is 17.6 Å². The number of anilines is 1. The van der Waals surface area contributed by atoms with Crippen molar-refractivity contribution >= 4 is 11.6 Å². The Morgan fingerprint density at radius 2 is 1.77 bits per heavy atom. The van der Waals surface area contributed by atoms with Gasteiger partial charge in [0, 0.05) is 42.3 Å². The lowest BCUT2D eigenvalue weighted by molar-refractivity contribution is -0.116. The molecule has 0 fully saturated rings. The van der Waals surface area contributed by atoms with Crippen molar-refractivity contribution in [3.63, 3.8) is 0 Å². The normalized spacial score (nSPS) is 10.4. The molecule has 0 spiro atoms. The SMILES string of the molecule is COc1cc(NC(=O)CCc2nc(-c3ccccc3)no2)cc(OC)c1. The number of nitrogens with zero attached hydrogens (tertiary/aromatic N) is 2. The summed E-state index contributed by atoms with van der Waals surface area (Å²) in [5, 5.41) is 6.75. The number of benzene rings is 2. The van der Waals surface area contributed by atoms with Crippen LogP contribution in [0.5, 0.6) is 11.5 Å². The molecule has 1 aromatic heterocycles. The fourth-order valence-corrected chi connectivity index (χ4v) is 2.38. The summed E-state index contributed by atoms with van der Waals surface area (Å²) in [6.07, 6.45) is 0.572. The molecule has 1 amide bonds. The van der Waals surface area contributed by atoms with Gasteiger partial charge < -0.3 is 19.3 Å². The van der Waals surface area contributed by atoms with Crippen LogP contribution in [0, 0.1) is 0 Å². The van der Waals surface area contributed by atoms with Gasteiger partial charge in [0.1, 0.15) is 11.5 Å². The van der Waals surface area contributed by atoms with Gasteiger partial charge in [0.25, 0.3) is 0 Å². The van der Waals surface area contributed by atoms with Crippen molar-refractivity contribution in [2.24, 2.45) is 0 Å². The van der Waals surface area contributed by atoms with E-state index in [9.17, 15) is 4.79 Å². The van der Waals surface area contributed by atoms with Gasteiger partial charge in [-0.15, -0.1) is 0 Å². The molecule has 0 saturated carbocycles. The number of aryl methyl sites for hydroxylation is 1. The minimum absolute atomic E-state index is 0.167. The molecule has 7 nitrogen and oxygen atoms in total. The number of ether oxygens (including phenoxy) is 2. The molecule has 3 aromatic rings. The number of nitrogens with one attached hydrogen (secondary N) is 1. The highest BCUT2D eigenvalue weighted by Crippen LogP contribution is 2.26. The van der Waals surface area contributed by atoms with Gasteiger partial charge in [-0.25, -0.2) is 0 Å². The topological polar surface area (TPSA) is 86.5 Å². The molecule has 2 aromatic carbocycles. The number of hydrogen-bond acceptors (Lipinski definition) is 6. The first-order valence-electron chi connectivity index (χ1n) is 8.09. The number of carbonyl (C=O) groups is 1. The quantitative estimate of drug-likeness (QED) is 0.701. The van der Waals surface area contributed by atoms with E-state index in [-0.39, 0.29) is 12.3 Å². The maximum atomic E-state index is 12.2. The van der Waals surface area contributed by atoms with Crippen LogP contribution in [0.2, 0.25) is 0 Å². The van der Waals surface area contributed by atoms with Crippen molar-refractivity contribution in [3.05, 3.63) is 54.4 Å². The fourth-order valence-electron chi connectivity index (χ4n) is 2.38. The van der Waals surface area contributed by atoms with E-state index in [0.29, 0.717) is 35.3 Å². The molecule has 3 rings (SSSR count). The number of amides is 1. The number of methoxy groups -OCH3 is 2. The maximum Gasteiger partial charge on any atom is 0.227 e. The largest absolute Gasteiger partial charge is 0.497 e. The number of aromatic nitrogens is 2. The van der Waals surface area contributed by atoms with E-state index in [2.05, 4.69) is 15.5 Å². The van der Waals surface area contributed by atoms with Crippen molar-refractivity contribution in [2.45, 2.75) is 12.8 Å². The molecule has 0 saturated heterocycles. The number of carbonyl (C=O) groups excluding carboxylic acids is 1. The second kappa shape index (κ2) is 8.15. The molecule has 134 valence electrons. The molecule has 7 heteroatoms. The monoisotopic (exact) mass is 353 g/mol. The van der Waals surface area contributed by atoms with E-state index >= 15 is 0 Å². The van der Waals surface area contributed by atoms with Crippen molar-refractivity contribution < 1.29 is 18.8 Å². The Bertz CT molecular complexity index is 855. The molecule has 0 radical (unpaired) electrons. The number of rotatable bonds is 7. The first-order valence-corrected chi connectivity index (χ1v) is 8.09. The highest BCUT2D eigenvalue weighted by Gasteiger charge is 2.11. The Hall–Kier alpha value is -3.35. The molecular formula is C19H19N3O4. The molecule has 0 atom stereocenters. The molecule has 26 heavy (non-hydrogen) atoms. The van der Waals surface area contributed by atoms with E-state index in [1.54, 1.807) is 32.4 Å². The predicted octanol–water partition coefficient (Wildman–Crippen LogP) is 3.33. The molecule has 0 bridgehead atoms. The summed E-state index contributed by atoms with van der Waals surface area (Å²) in [5.41, 5.74) is 1.47. The Balaban J connectivity index is 1.59. The van der Waals surface area contributed by atoms with Gasteiger partial charge in [0.05, 0.1) is 14.2 Å². The summed E-state index contributed by atoms with van der Waals surface area (Å²) in [6, 6.07) is 14.7. The van der Waals surface area contributed by atoms with Gasteiger partial charge in [-0.3, -0.25) is 4.79 Å². The highest BCUT2D eigenvalue weighted by molar-refractivity contribution is 5.91. The Morgan fingerprint density at radius 1 is 1.08 bits per heavy atom. The lowest BCUT2D eigenvalue weighted by Crippen LogP contribution is -2.12. The van der Waals surface area contributed by atoms with E-state index in [0.717, 1.165) is 5.56 Å². The predicted molar refractivity (Wildman–Crippen MR) is 96.2 cm³/mol. The maximum absolute atomic E-state index is 12.2. The molecule has 1 N–H and O–H groups in total. The smallest absolute Gasteiger partial charge is 0.227 e. The van der Waals surface area contributed by atoms with E-state index < -0.39 is 0 Å². The van der Waals surface area contributed by atoms with Crippen LogP contribution in [0.3, 0.4) is 0 Å². The van der Waals surface area contributed by atoms with Crippen LogP contribution in [0.4, 0.5) is 5.69 Å². The molecule has 1 heterocycles. The zero-order valence-corrected chi connectivity index (χ0v) is 14.6. The average molecular weight is 353 g/mol. The highest BCUT2D eigenvalue weighted by atomic mass is 16.5. The summed E-state index contributed by atoms with van der Waals surface area (Å²) in [4.78, 5) is 16.5. The van der Waals surface area contributed by atoms with Crippen LogP contribution >= 0.6 is 0 Å². The zero-order chi connectivity index (χ0) is 18.4. The van der Waals surface area contributed by atoms with E-state index in [1.165, 1.54) is 0 Å². The zero-order valence-electron chi connectivity index (χ0n) is 14.6. The summed E-state index contributed by atoms with van der Waals surface area (Å²) >= 11 is 0. The van der Waals surface area contributed by atoms with Gasteiger partial charge in [-0.05, 0) is 0 Å². The third kappa shape index (κ3) is 4.38. The molecule has 0 aliphatic heterocycles. The average Bonchev–Trinajstić information content (AvgIpc) is 3.16. The van der Waals surface area contributed by atoms with Crippen molar-refractivity contribution in [1.82, 2.24) is 10.1 Å².